The number of nitrogens with zero attached hydrogens (tertiary/aromatic N) is 2. The number of carbonyl (C=O) groups is 1. The fourth-order valence-corrected chi connectivity index (χ4v) is 2.63. The van der Waals surface area contributed by atoms with Crippen molar-refractivity contribution in [1.82, 2.24) is 10.3 Å². The Labute approximate surface area is 161 Å². The van der Waals surface area contributed by atoms with Crippen LogP contribution in [0.5, 0.6) is 5.88 Å². The van der Waals surface area contributed by atoms with Crippen molar-refractivity contribution in [3.63, 3.8) is 0 Å². The number of pyridine rings is 1. The summed E-state index contributed by atoms with van der Waals surface area (Å²) in [7, 11) is 1.39. The summed E-state index contributed by atoms with van der Waals surface area (Å²) in [6.07, 6.45) is -0.351. The van der Waals surface area contributed by atoms with Crippen LogP contribution in [-0.2, 0) is 4.74 Å². The lowest BCUT2D eigenvalue weighted by Gasteiger charge is -2.24. The first-order valence-electron chi connectivity index (χ1n) is 8.00. The van der Waals surface area contributed by atoms with Crippen LogP contribution >= 0.6 is 12.4 Å². The molecule has 1 amide bonds. The Morgan fingerprint density at radius 2 is 2.26 bits per heavy atom. The predicted octanol–water partition coefficient (Wildman–Crippen LogP) is 2.44. The van der Waals surface area contributed by atoms with Crippen LogP contribution in [0.1, 0.15) is 27.7 Å². The standard InChI is InChI=1S/C18H17FN4O3.ClH/c1-25-17-7-11(6-13(9-20)22-17)18(24)23-12-2-3-14(15(19)8-12)16-10-21-4-5-26-16;/h2-3,6-8,16,21H,4-5,10H2,1H3,(H,23,24);1H/t16-;/m1./s1. The highest BCUT2D eigenvalue weighted by molar-refractivity contribution is 6.04. The molecule has 2 heterocycles. The molecule has 0 aliphatic carbocycles. The average molecular weight is 393 g/mol. The van der Waals surface area contributed by atoms with Gasteiger partial charge in [0.2, 0.25) is 5.88 Å². The van der Waals surface area contributed by atoms with Gasteiger partial charge in [-0.1, -0.05) is 6.07 Å². The molecule has 0 bridgehead atoms. The van der Waals surface area contributed by atoms with E-state index < -0.39 is 11.7 Å². The number of hydrogen-bond acceptors (Lipinski definition) is 6. The first kappa shape index (κ1) is 20.6. The maximum absolute atomic E-state index is 14.4. The number of amides is 1. The molecule has 9 heteroatoms. The minimum absolute atomic E-state index is 0. The van der Waals surface area contributed by atoms with Gasteiger partial charge in [0, 0.05) is 36.0 Å². The van der Waals surface area contributed by atoms with Gasteiger partial charge in [0.25, 0.3) is 5.91 Å². The molecule has 0 saturated carbocycles. The highest BCUT2D eigenvalue weighted by Crippen LogP contribution is 2.25. The lowest BCUT2D eigenvalue weighted by atomic mass is 10.1. The number of anilines is 1. The number of morpholine rings is 1. The number of rotatable bonds is 4. The van der Waals surface area contributed by atoms with Gasteiger partial charge in [0.15, 0.2) is 0 Å². The van der Waals surface area contributed by atoms with E-state index in [0.29, 0.717) is 24.4 Å². The number of ether oxygens (including phenoxy) is 2. The summed E-state index contributed by atoms with van der Waals surface area (Å²) in [5.41, 5.74) is 0.984. The second kappa shape index (κ2) is 9.28. The highest BCUT2D eigenvalue weighted by Gasteiger charge is 2.20. The van der Waals surface area contributed by atoms with Crippen molar-refractivity contribution in [3.05, 3.63) is 53.0 Å². The Hall–Kier alpha value is -2.73. The topological polar surface area (TPSA) is 96.3 Å². The Morgan fingerprint density at radius 1 is 1.44 bits per heavy atom. The average Bonchev–Trinajstić information content (AvgIpc) is 2.68. The molecule has 3 rings (SSSR count). The van der Waals surface area contributed by atoms with E-state index in [-0.39, 0.29) is 35.6 Å². The smallest absolute Gasteiger partial charge is 0.255 e. The Balaban J connectivity index is 0.00000261. The number of methoxy groups -OCH3 is 1. The summed E-state index contributed by atoms with van der Waals surface area (Å²) in [5, 5.41) is 14.7. The van der Waals surface area contributed by atoms with Crippen LogP contribution < -0.4 is 15.4 Å². The molecule has 0 unspecified atom stereocenters. The molecule has 1 fully saturated rings. The van der Waals surface area contributed by atoms with Gasteiger partial charge in [0.1, 0.15) is 17.6 Å². The van der Waals surface area contributed by atoms with Crippen molar-refractivity contribution in [2.45, 2.75) is 6.10 Å². The van der Waals surface area contributed by atoms with Gasteiger partial charge in [0.05, 0.1) is 19.8 Å². The summed E-state index contributed by atoms with van der Waals surface area (Å²) >= 11 is 0. The number of aromatic nitrogens is 1. The van der Waals surface area contributed by atoms with Gasteiger partial charge >= 0.3 is 0 Å². The van der Waals surface area contributed by atoms with Crippen molar-refractivity contribution in [2.75, 3.05) is 32.1 Å². The van der Waals surface area contributed by atoms with Gasteiger partial charge in [-0.05, 0) is 18.2 Å². The van der Waals surface area contributed by atoms with Crippen LogP contribution in [0.15, 0.2) is 30.3 Å². The van der Waals surface area contributed by atoms with E-state index in [1.807, 2.05) is 6.07 Å². The minimum atomic E-state index is -0.495. The fraction of sp³-hybridized carbons (Fsp3) is 0.278. The van der Waals surface area contributed by atoms with Crippen LogP contribution in [0.4, 0.5) is 10.1 Å². The summed E-state index contributed by atoms with van der Waals surface area (Å²) in [4.78, 5) is 16.3. The summed E-state index contributed by atoms with van der Waals surface area (Å²) in [5.74, 6) is -0.802. The largest absolute Gasteiger partial charge is 0.481 e. The quantitative estimate of drug-likeness (QED) is 0.829. The summed E-state index contributed by atoms with van der Waals surface area (Å²) in [6.45, 7) is 1.80. The molecule has 0 spiro atoms. The van der Waals surface area contributed by atoms with E-state index in [0.717, 1.165) is 6.54 Å². The van der Waals surface area contributed by atoms with E-state index in [9.17, 15) is 9.18 Å². The molecule has 1 atom stereocenters. The molecule has 142 valence electrons. The van der Waals surface area contributed by atoms with Gasteiger partial charge in [-0.2, -0.15) is 5.26 Å². The molecule has 1 saturated heterocycles. The molecule has 1 aliphatic heterocycles. The number of nitrogens with one attached hydrogen (secondary N) is 2. The van der Waals surface area contributed by atoms with Crippen molar-refractivity contribution in [3.8, 4) is 11.9 Å². The first-order valence-corrected chi connectivity index (χ1v) is 8.00. The minimum Gasteiger partial charge on any atom is -0.481 e. The second-order valence-electron chi connectivity index (χ2n) is 5.65. The number of hydrogen-bond donors (Lipinski definition) is 2. The monoisotopic (exact) mass is 392 g/mol. The first-order chi connectivity index (χ1) is 12.6. The molecular weight excluding hydrogens is 375 g/mol. The molecule has 7 nitrogen and oxygen atoms in total. The second-order valence-corrected chi connectivity index (χ2v) is 5.65. The van der Waals surface area contributed by atoms with Crippen LogP contribution in [0.25, 0.3) is 0 Å². The Bertz CT molecular complexity index is 866. The fourth-order valence-electron chi connectivity index (χ4n) is 2.63. The SMILES string of the molecule is COc1cc(C(=O)Nc2ccc([C@H]3CNCCO3)c(F)c2)cc(C#N)n1.Cl. The zero-order chi connectivity index (χ0) is 18.5. The molecule has 1 aliphatic rings. The number of halogens is 2. The zero-order valence-electron chi connectivity index (χ0n) is 14.5. The number of nitriles is 1. The highest BCUT2D eigenvalue weighted by atomic mass is 35.5. The molecule has 1 aromatic carbocycles. The van der Waals surface area contributed by atoms with Gasteiger partial charge in [-0.15, -0.1) is 12.4 Å². The van der Waals surface area contributed by atoms with Crippen molar-refractivity contribution in [2.24, 2.45) is 0 Å². The molecule has 1 aromatic heterocycles. The number of carbonyl (C=O) groups excluding carboxylic acids is 1. The number of benzene rings is 1. The molecule has 0 radical (unpaired) electrons. The van der Waals surface area contributed by atoms with Crippen LogP contribution in [0.3, 0.4) is 0 Å². The Kier molecular flexibility index (Phi) is 7.07. The predicted molar refractivity (Wildman–Crippen MR) is 98.7 cm³/mol. The van der Waals surface area contributed by atoms with E-state index in [2.05, 4.69) is 15.6 Å². The zero-order valence-corrected chi connectivity index (χ0v) is 15.3. The lowest BCUT2D eigenvalue weighted by Crippen LogP contribution is -2.33. The normalized spacial score (nSPS) is 16.0. The third kappa shape index (κ3) is 4.92. The lowest BCUT2D eigenvalue weighted by molar-refractivity contribution is 0.0255. The van der Waals surface area contributed by atoms with Crippen LogP contribution in [-0.4, -0.2) is 37.7 Å². The van der Waals surface area contributed by atoms with Gasteiger partial charge in [-0.25, -0.2) is 9.37 Å². The van der Waals surface area contributed by atoms with E-state index in [4.69, 9.17) is 14.7 Å². The van der Waals surface area contributed by atoms with Crippen LogP contribution in [0, 0.1) is 17.1 Å². The van der Waals surface area contributed by atoms with E-state index in [1.54, 1.807) is 12.1 Å². The summed E-state index contributed by atoms with van der Waals surface area (Å²) < 4.78 is 24.9. The van der Waals surface area contributed by atoms with E-state index >= 15 is 0 Å². The van der Waals surface area contributed by atoms with Gasteiger partial charge < -0.3 is 20.1 Å². The van der Waals surface area contributed by atoms with E-state index in [1.165, 1.54) is 25.3 Å². The Morgan fingerprint density at radius 3 is 2.89 bits per heavy atom. The van der Waals surface area contributed by atoms with Gasteiger partial charge in [-0.3, -0.25) is 4.79 Å². The van der Waals surface area contributed by atoms with Crippen molar-refractivity contribution in [1.29, 1.82) is 5.26 Å². The van der Waals surface area contributed by atoms with Crippen molar-refractivity contribution >= 4 is 24.0 Å². The molecular formula is C18H18ClFN4O3. The third-order valence-electron chi connectivity index (χ3n) is 3.92. The maximum atomic E-state index is 14.4. The third-order valence-corrected chi connectivity index (χ3v) is 3.92. The van der Waals surface area contributed by atoms with Crippen LogP contribution in [0.2, 0.25) is 0 Å². The molecule has 2 N–H and O–H groups in total. The van der Waals surface area contributed by atoms with Crippen molar-refractivity contribution < 1.29 is 18.7 Å². The molecule has 27 heavy (non-hydrogen) atoms. The summed E-state index contributed by atoms with van der Waals surface area (Å²) in [6, 6.07) is 9.05. The maximum Gasteiger partial charge on any atom is 0.255 e. The molecule has 2 aromatic rings.